The Bertz CT molecular complexity index is 2260. The van der Waals surface area contributed by atoms with Crippen molar-refractivity contribution in [2.24, 2.45) is 11.3 Å². The second kappa shape index (κ2) is 18.8. The van der Waals surface area contributed by atoms with Crippen molar-refractivity contribution in [3.05, 3.63) is 94.1 Å². The van der Waals surface area contributed by atoms with Gasteiger partial charge in [-0.05, 0) is 125 Å². The lowest BCUT2D eigenvalue weighted by molar-refractivity contribution is -0.141. The average Bonchev–Trinajstić information content (AvgIpc) is 3.51. The van der Waals surface area contributed by atoms with E-state index in [2.05, 4.69) is 30.7 Å². The molecule has 3 fully saturated rings. The first-order chi connectivity index (χ1) is 30.4. The lowest BCUT2D eigenvalue weighted by Gasteiger charge is -2.47. The number of hydrogen-bond donors (Lipinski definition) is 5. The molecule has 17 heteroatoms. The molecule has 2 aliphatic carbocycles. The lowest BCUT2D eigenvalue weighted by atomic mass is 9.65. The first-order valence-electron chi connectivity index (χ1n) is 22.2. The smallest absolute Gasteiger partial charge is 0.388 e. The van der Waals surface area contributed by atoms with Crippen LogP contribution in [0.3, 0.4) is 0 Å². The minimum atomic E-state index is -4.72. The number of likely N-dealkylation sites (tertiary alicyclic amines) is 1. The van der Waals surface area contributed by atoms with Crippen LogP contribution in [0.1, 0.15) is 122 Å². The summed E-state index contributed by atoms with van der Waals surface area (Å²) in [4.78, 5) is 72.7. The zero-order valence-electron chi connectivity index (χ0n) is 36.5. The van der Waals surface area contributed by atoms with Crippen molar-refractivity contribution >= 4 is 41.4 Å². The maximum atomic E-state index is 13.5. The number of halogens is 3. The third-order valence-corrected chi connectivity index (χ3v) is 13.6. The summed E-state index contributed by atoms with van der Waals surface area (Å²) in [6.07, 6.45) is 9.67. The van der Waals surface area contributed by atoms with E-state index in [9.17, 15) is 42.3 Å². The van der Waals surface area contributed by atoms with Gasteiger partial charge in [-0.1, -0.05) is 19.4 Å². The number of rotatable bonds is 13. The minimum absolute atomic E-state index is 0.115. The number of alkyl halides is 3. The molecule has 342 valence electrons. The Balaban J connectivity index is 0.876. The molecular formula is C47H57F3N8O6. The highest BCUT2D eigenvalue weighted by molar-refractivity contribution is 6.23. The van der Waals surface area contributed by atoms with Crippen LogP contribution in [0, 0.1) is 16.7 Å². The van der Waals surface area contributed by atoms with Gasteiger partial charge in [-0.25, -0.2) is 4.98 Å². The molecule has 1 spiro atoms. The molecule has 1 aromatic carbocycles. The van der Waals surface area contributed by atoms with Crippen LogP contribution in [0.4, 0.5) is 18.9 Å². The van der Waals surface area contributed by atoms with Crippen molar-refractivity contribution in [1.29, 1.82) is 5.41 Å². The van der Waals surface area contributed by atoms with E-state index in [-0.39, 0.29) is 52.4 Å². The SMILES string of the molecule is CCCC(C(=O)NC=O)N1C(=O)c2ccc(N3CCC4(CCC(CN5CCC(N/C=C6/C=C(NC(=O)c7cccc(C(F)(F)F)n7)C(C(C)(C)O)=CC6=N)CC5)CC4)CC3)cc2C1=O. The molecule has 4 heterocycles. The zero-order chi connectivity index (χ0) is 46.0. The number of carbonyl (C=O) groups is 5. The van der Waals surface area contributed by atoms with Gasteiger partial charge >= 0.3 is 6.18 Å². The highest BCUT2D eigenvalue weighted by atomic mass is 19.4. The van der Waals surface area contributed by atoms with Crippen LogP contribution in [0.25, 0.3) is 0 Å². The number of anilines is 1. The molecule has 1 saturated carbocycles. The maximum Gasteiger partial charge on any atom is 0.433 e. The fraction of sp³-hybridized carbons (Fsp3) is 0.511. The molecule has 3 aliphatic heterocycles. The van der Waals surface area contributed by atoms with Gasteiger partial charge < -0.3 is 30.9 Å². The number of pyridine rings is 1. The summed E-state index contributed by atoms with van der Waals surface area (Å²) in [5, 5.41) is 27.6. The van der Waals surface area contributed by atoms with E-state index in [1.807, 2.05) is 13.0 Å². The standard InChI is InChI=1S/C47H57F3N8O6/c1-4-6-39(42(61)53-28-59)58-43(62)33-10-9-32(24-34(33)44(58)63)57-21-17-46(18-22-57)15-11-29(12-16-46)27-56-19-13-31(14-20-56)52-26-30-23-38(35(25-36(30)51)45(2,3)64)55-41(60)37-7-5-8-40(54-37)47(48,49)50/h5,7-10,23-26,28-29,31,39,51-52,64H,4,6,11-22,27H2,1-3H3,(H,55,60)(H,53,59,61)/b30-26-,51-36?. The molecule has 5 amide bonds. The van der Waals surface area contributed by atoms with Crippen molar-refractivity contribution in [3.63, 3.8) is 0 Å². The van der Waals surface area contributed by atoms with Gasteiger partial charge in [-0.3, -0.25) is 34.2 Å². The van der Waals surface area contributed by atoms with Gasteiger partial charge in [0.15, 0.2) is 0 Å². The van der Waals surface area contributed by atoms with Crippen molar-refractivity contribution in [2.75, 3.05) is 37.6 Å². The van der Waals surface area contributed by atoms with E-state index in [1.54, 1.807) is 24.4 Å². The molecule has 2 aromatic rings. The van der Waals surface area contributed by atoms with Crippen molar-refractivity contribution < 1.29 is 42.3 Å². The number of nitrogens with one attached hydrogen (secondary N) is 4. The first-order valence-corrected chi connectivity index (χ1v) is 22.2. The van der Waals surface area contributed by atoms with E-state index < -0.39 is 52.8 Å². The molecule has 0 bridgehead atoms. The normalized spacial score (nSPS) is 21.1. The molecule has 5 N–H and O–H groups in total. The van der Waals surface area contributed by atoms with Gasteiger partial charge in [-0.2, -0.15) is 13.2 Å². The Morgan fingerprint density at radius 3 is 2.30 bits per heavy atom. The predicted molar refractivity (Wildman–Crippen MR) is 233 cm³/mol. The van der Waals surface area contributed by atoms with Gasteiger partial charge in [0.25, 0.3) is 17.7 Å². The van der Waals surface area contributed by atoms with Crippen LogP contribution in [0.15, 0.2) is 71.6 Å². The molecule has 0 radical (unpaired) electrons. The largest absolute Gasteiger partial charge is 0.433 e. The van der Waals surface area contributed by atoms with Crippen LogP contribution >= 0.6 is 0 Å². The van der Waals surface area contributed by atoms with Gasteiger partial charge in [-0.15, -0.1) is 0 Å². The summed E-state index contributed by atoms with van der Waals surface area (Å²) in [6.45, 7) is 9.46. The summed E-state index contributed by atoms with van der Waals surface area (Å²) in [6, 6.07) is 7.52. The van der Waals surface area contributed by atoms with Gasteiger partial charge in [0, 0.05) is 67.5 Å². The molecular weight excluding hydrogens is 830 g/mol. The first kappa shape index (κ1) is 46.3. The van der Waals surface area contributed by atoms with E-state index in [0.717, 1.165) is 81.1 Å². The van der Waals surface area contributed by atoms with Crippen LogP contribution in [0.5, 0.6) is 0 Å². The summed E-state index contributed by atoms with van der Waals surface area (Å²) in [5.74, 6) is -1.95. The van der Waals surface area contributed by atoms with Gasteiger partial charge in [0.2, 0.25) is 12.3 Å². The number of hydrogen-bond acceptors (Lipinski definition) is 11. The van der Waals surface area contributed by atoms with Crippen LogP contribution < -0.4 is 20.9 Å². The molecule has 1 aromatic heterocycles. The number of fused-ring (bicyclic) bond motifs is 1. The highest BCUT2D eigenvalue weighted by Crippen LogP contribution is 2.47. The van der Waals surface area contributed by atoms with Gasteiger partial charge in [0.05, 0.1) is 22.4 Å². The monoisotopic (exact) mass is 886 g/mol. The third-order valence-electron chi connectivity index (χ3n) is 13.6. The summed E-state index contributed by atoms with van der Waals surface area (Å²) in [5.41, 5.74) is -0.360. The van der Waals surface area contributed by atoms with Crippen molar-refractivity contribution in [3.8, 4) is 0 Å². The number of allylic oxidation sites excluding steroid dienone is 3. The molecule has 7 rings (SSSR count). The molecule has 2 saturated heterocycles. The van der Waals surface area contributed by atoms with Crippen LogP contribution in [-0.4, -0.2) is 106 Å². The Kier molecular flexibility index (Phi) is 13.6. The molecule has 5 aliphatic rings. The Morgan fingerprint density at radius 2 is 1.66 bits per heavy atom. The minimum Gasteiger partial charge on any atom is -0.388 e. The topological polar surface area (TPSA) is 188 Å². The summed E-state index contributed by atoms with van der Waals surface area (Å²) in [7, 11) is 0. The maximum absolute atomic E-state index is 13.5. The molecule has 1 unspecified atom stereocenters. The molecule has 64 heavy (non-hydrogen) atoms. The fourth-order valence-corrected chi connectivity index (χ4v) is 9.85. The number of aromatic nitrogens is 1. The quantitative estimate of drug-likeness (QED) is 0.120. The number of carbonyl (C=O) groups excluding carboxylic acids is 5. The Hall–Kier alpha value is -5.68. The molecule has 14 nitrogen and oxygen atoms in total. The van der Waals surface area contributed by atoms with Crippen LogP contribution in [-0.2, 0) is 15.8 Å². The van der Waals surface area contributed by atoms with E-state index in [0.29, 0.717) is 17.9 Å². The number of imide groups is 2. The second-order valence-electron chi connectivity index (χ2n) is 18.4. The summed E-state index contributed by atoms with van der Waals surface area (Å²) < 4.78 is 39.8. The van der Waals surface area contributed by atoms with Crippen molar-refractivity contribution in [2.45, 2.75) is 109 Å². The predicted octanol–water partition coefficient (Wildman–Crippen LogP) is 5.90. The van der Waals surface area contributed by atoms with Gasteiger partial charge in [0.1, 0.15) is 17.4 Å². The lowest BCUT2D eigenvalue weighted by Crippen LogP contribution is -2.49. The van der Waals surface area contributed by atoms with E-state index in [4.69, 9.17) is 5.41 Å². The third kappa shape index (κ3) is 10.1. The number of aliphatic hydroxyl groups is 1. The van der Waals surface area contributed by atoms with E-state index in [1.165, 1.54) is 51.7 Å². The zero-order valence-corrected chi connectivity index (χ0v) is 36.5. The number of piperidine rings is 2. The second-order valence-corrected chi connectivity index (χ2v) is 18.4. The number of amides is 5. The van der Waals surface area contributed by atoms with Crippen LogP contribution in [0.2, 0.25) is 0 Å². The Morgan fingerprint density at radius 1 is 0.969 bits per heavy atom. The van der Waals surface area contributed by atoms with Crippen molar-refractivity contribution in [1.82, 2.24) is 30.7 Å². The van der Waals surface area contributed by atoms with E-state index >= 15 is 0 Å². The molecule has 1 atom stereocenters. The Labute approximate surface area is 370 Å². The fourth-order valence-electron chi connectivity index (χ4n) is 9.85. The summed E-state index contributed by atoms with van der Waals surface area (Å²) >= 11 is 0. The number of benzene rings is 1. The number of nitrogens with zero attached hydrogens (tertiary/aromatic N) is 4. The highest BCUT2D eigenvalue weighted by Gasteiger charge is 2.44. The average molecular weight is 887 g/mol.